The normalized spacial score (nSPS) is 20.0. The summed E-state index contributed by atoms with van der Waals surface area (Å²) < 4.78 is 29.7. The Morgan fingerprint density at radius 2 is 2.20 bits per heavy atom. The van der Waals surface area contributed by atoms with Crippen molar-refractivity contribution in [3.8, 4) is 5.75 Å². The monoisotopic (exact) mass is 318 g/mol. The third kappa shape index (κ3) is 2.89. The van der Waals surface area contributed by atoms with E-state index in [0.717, 1.165) is 6.26 Å². The van der Waals surface area contributed by atoms with E-state index in [0.29, 0.717) is 17.9 Å². The molecule has 1 aromatic rings. The van der Waals surface area contributed by atoms with Crippen LogP contribution in [0.25, 0.3) is 0 Å². The summed E-state index contributed by atoms with van der Waals surface area (Å²) in [7, 11) is -1.98. The average Bonchev–Trinajstić information content (AvgIpc) is 2.87. The molecule has 110 valence electrons. The molecule has 1 aliphatic rings. The Morgan fingerprint density at radius 1 is 1.50 bits per heavy atom. The Labute approximate surface area is 121 Å². The molecule has 1 aromatic carbocycles. The maximum absolute atomic E-state index is 11.7. The molecule has 1 heterocycles. The molecule has 9 heteroatoms. The van der Waals surface area contributed by atoms with Crippen LogP contribution in [-0.4, -0.2) is 43.3 Å². The zero-order valence-electron chi connectivity index (χ0n) is 11.0. The lowest BCUT2D eigenvalue weighted by molar-refractivity contribution is -0.385. The van der Waals surface area contributed by atoms with Gasteiger partial charge in [-0.1, -0.05) is 6.07 Å². The lowest BCUT2D eigenvalue weighted by Gasteiger charge is -2.21. The van der Waals surface area contributed by atoms with E-state index in [2.05, 4.69) is 0 Å². The van der Waals surface area contributed by atoms with Crippen LogP contribution in [0.2, 0.25) is 0 Å². The van der Waals surface area contributed by atoms with Gasteiger partial charge in [-0.2, -0.15) is 4.31 Å². The first-order chi connectivity index (χ1) is 9.34. The summed E-state index contributed by atoms with van der Waals surface area (Å²) in [5, 5.41) is 10.6. The summed E-state index contributed by atoms with van der Waals surface area (Å²) in [5.74, 6) is 0.824. The molecule has 0 unspecified atom stereocenters. The average molecular weight is 318 g/mol. The van der Waals surface area contributed by atoms with Gasteiger partial charge in [0.15, 0.2) is 5.75 Å². The van der Waals surface area contributed by atoms with Gasteiger partial charge in [0.05, 0.1) is 23.7 Å². The van der Waals surface area contributed by atoms with Crippen LogP contribution in [0.3, 0.4) is 0 Å². The Hall–Kier alpha value is -1.32. The highest BCUT2D eigenvalue weighted by Crippen LogP contribution is 2.41. The third-order valence-corrected chi connectivity index (χ3v) is 5.60. The highest BCUT2D eigenvalue weighted by molar-refractivity contribution is 8.00. The van der Waals surface area contributed by atoms with Crippen molar-refractivity contribution in [1.82, 2.24) is 4.31 Å². The lowest BCUT2D eigenvalue weighted by Crippen LogP contribution is -2.29. The molecule has 0 amide bonds. The van der Waals surface area contributed by atoms with Crippen LogP contribution in [0.5, 0.6) is 5.75 Å². The smallest absolute Gasteiger partial charge is 0.311 e. The first-order valence-electron chi connectivity index (χ1n) is 5.75. The van der Waals surface area contributed by atoms with E-state index in [1.165, 1.54) is 35.3 Å². The van der Waals surface area contributed by atoms with Gasteiger partial charge in [0.25, 0.3) is 0 Å². The summed E-state index contributed by atoms with van der Waals surface area (Å²) in [4.78, 5) is 10.5. The number of rotatable bonds is 4. The van der Waals surface area contributed by atoms with Crippen LogP contribution >= 0.6 is 11.8 Å². The molecule has 0 spiro atoms. The predicted molar refractivity (Wildman–Crippen MR) is 76.4 cm³/mol. The van der Waals surface area contributed by atoms with Crippen molar-refractivity contribution in [3.05, 3.63) is 33.9 Å². The van der Waals surface area contributed by atoms with Gasteiger partial charge in [0.1, 0.15) is 0 Å². The molecule has 1 atom stereocenters. The van der Waals surface area contributed by atoms with Crippen LogP contribution in [-0.2, 0) is 10.0 Å². The highest BCUT2D eigenvalue weighted by Gasteiger charge is 2.34. The molecule has 0 aromatic heterocycles. The van der Waals surface area contributed by atoms with Crippen LogP contribution in [0.4, 0.5) is 5.69 Å². The number of nitrogens with zero attached hydrogens (tertiary/aromatic N) is 2. The second kappa shape index (κ2) is 5.58. The van der Waals surface area contributed by atoms with E-state index >= 15 is 0 Å². The number of nitro groups is 1. The van der Waals surface area contributed by atoms with E-state index in [9.17, 15) is 18.5 Å². The van der Waals surface area contributed by atoms with Crippen LogP contribution in [0.15, 0.2) is 18.2 Å². The SMILES string of the molecule is COc1ccc([C@@H]2SCCN2S(C)(=O)=O)cc1[N+](=O)[O-]. The topological polar surface area (TPSA) is 89.8 Å². The molecule has 20 heavy (non-hydrogen) atoms. The molecule has 1 fully saturated rings. The predicted octanol–water partition coefficient (Wildman–Crippen LogP) is 1.61. The molecule has 0 bridgehead atoms. The van der Waals surface area contributed by atoms with Gasteiger partial charge in [-0.05, 0) is 11.6 Å². The maximum atomic E-state index is 11.7. The van der Waals surface area contributed by atoms with Crippen molar-refractivity contribution in [3.63, 3.8) is 0 Å². The van der Waals surface area contributed by atoms with E-state index in [-0.39, 0.29) is 11.4 Å². The summed E-state index contributed by atoms with van der Waals surface area (Å²) >= 11 is 1.45. The zero-order chi connectivity index (χ0) is 14.9. The lowest BCUT2D eigenvalue weighted by atomic mass is 10.2. The number of nitro benzene ring substituents is 1. The molecule has 0 aliphatic carbocycles. The number of hydrogen-bond acceptors (Lipinski definition) is 6. The van der Waals surface area contributed by atoms with Crippen molar-refractivity contribution < 1.29 is 18.1 Å². The summed E-state index contributed by atoms with van der Waals surface area (Å²) in [6.07, 6.45) is 1.14. The zero-order valence-corrected chi connectivity index (χ0v) is 12.6. The second-order valence-electron chi connectivity index (χ2n) is 4.29. The number of hydrogen-bond donors (Lipinski definition) is 0. The minimum atomic E-state index is -3.34. The van der Waals surface area contributed by atoms with E-state index in [1.807, 2.05) is 0 Å². The number of benzene rings is 1. The van der Waals surface area contributed by atoms with E-state index in [1.54, 1.807) is 6.07 Å². The molecular formula is C11H14N2O5S2. The standard InChI is InChI=1S/C11H14N2O5S2/c1-18-10-4-3-8(7-9(10)13(14)15)11-12(5-6-19-11)20(2,16)17/h3-4,7,11H,5-6H2,1-2H3/t11-/m0/s1. The summed E-state index contributed by atoms with van der Waals surface area (Å²) in [5.41, 5.74) is 0.427. The van der Waals surface area contributed by atoms with Gasteiger partial charge in [-0.3, -0.25) is 10.1 Å². The van der Waals surface area contributed by atoms with Crippen molar-refractivity contribution in [2.24, 2.45) is 0 Å². The quantitative estimate of drug-likeness (QED) is 0.619. The fourth-order valence-corrected chi connectivity index (χ4v) is 4.86. The minimum Gasteiger partial charge on any atom is -0.490 e. The molecular weight excluding hydrogens is 304 g/mol. The molecule has 1 saturated heterocycles. The van der Waals surface area contributed by atoms with Gasteiger partial charge in [-0.25, -0.2) is 8.42 Å². The van der Waals surface area contributed by atoms with Crippen molar-refractivity contribution in [2.75, 3.05) is 25.7 Å². The van der Waals surface area contributed by atoms with Crippen molar-refractivity contribution in [2.45, 2.75) is 5.37 Å². The molecule has 0 saturated carbocycles. The molecule has 7 nitrogen and oxygen atoms in total. The van der Waals surface area contributed by atoms with Gasteiger partial charge in [-0.15, -0.1) is 11.8 Å². The first kappa shape index (κ1) is 15.1. The van der Waals surface area contributed by atoms with Crippen molar-refractivity contribution >= 4 is 27.5 Å². The van der Waals surface area contributed by atoms with Crippen LogP contribution in [0.1, 0.15) is 10.9 Å². The van der Waals surface area contributed by atoms with Gasteiger partial charge < -0.3 is 4.74 Å². The third-order valence-electron chi connectivity index (χ3n) is 2.96. The Kier molecular flexibility index (Phi) is 4.21. The van der Waals surface area contributed by atoms with Gasteiger partial charge in [0.2, 0.25) is 10.0 Å². The largest absolute Gasteiger partial charge is 0.490 e. The fourth-order valence-electron chi connectivity index (χ4n) is 2.06. The number of methoxy groups -OCH3 is 1. The molecule has 0 radical (unpaired) electrons. The van der Waals surface area contributed by atoms with Crippen LogP contribution in [0, 0.1) is 10.1 Å². The van der Waals surface area contributed by atoms with E-state index in [4.69, 9.17) is 4.74 Å². The van der Waals surface area contributed by atoms with Gasteiger partial charge in [0, 0.05) is 18.4 Å². The number of thioether (sulfide) groups is 1. The Morgan fingerprint density at radius 3 is 2.75 bits per heavy atom. The maximum Gasteiger partial charge on any atom is 0.311 e. The van der Waals surface area contributed by atoms with Crippen LogP contribution < -0.4 is 4.74 Å². The number of ether oxygens (including phenoxy) is 1. The second-order valence-corrected chi connectivity index (χ2v) is 7.41. The Bertz CT molecular complexity index is 632. The van der Waals surface area contributed by atoms with Crippen molar-refractivity contribution in [1.29, 1.82) is 0 Å². The molecule has 1 aliphatic heterocycles. The first-order valence-corrected chi connectivity index (χ1v) is 8.65. The van der Waals surface area contributed by atoms with Gasteiger partial charge >= 0.3 is 5.69 Å². The molecule has 2 rings (SSSR count). The number of sulfonamides is 1. The Balaban J connectivity index is 2.43. The summed E-state index contributed by atoms with van der Waals surface area (Å²) in [6.45, 7) is 0.411. The molecule has 0 N–H and O–H groups in total. The minimum absolute atomic E-state index is 0.160. The van der Waals surface area contributed by atoms with E-state index < -0.39 is 20.3 Å². The fraction of sp³-hybridized carbons (Fsp3) is 0.455. The summed E-state index contributed by atoms with van der Waals surface area (Å²) in [6, 6.07) is 4.53. The highest BCUT2D eigenvalue weighted by atomic mass is 32.2.